The van der Waals surface area contributed by atoms with Crippen molar-refractivity contribution in [3.05, 3.63) is 106 Å². The fraction of sp³-hybridized carbons (Fsp3) is 0.366. The molecule has 0 radical (unpaired) electrons. The predicted octanol–water partition coefficient (Wildman–Crippen LogP) is 2.79. The number of methoxy groups -OCH3 is 1. The molecule has 1 aromatic heterocycles. The smallest absolute Gasteiger partial charge is 0.262 e. The molecule has 4 N–H and O–H groups in total. The fourth-order valence-electron chi connectivity index (χ4n) is 8.08. The van der Waals surface area contributed by atoms with Crippen LogP contribution in [0.3, 0.4) is 0 Å². The van der Waals surface area contributed by atoms with Crippen LogP contribution in [0.5, 0.6) is 5.75 Å². The summed E-state index contributed by atoms with van der Waals surface area (Å²) in [5.41, 5.74) is 5.27. The van der Waals surface area contributed by atoms with Gasteiger partial charge < -0.3 is 25.8 Å². The number of piperidine rings is 1. The molecule has 1 aliphatic carbocycles. The molecular formula is C41H43N7O7. The number of benzene rings is 3. The molecule has 0 spiro atoms. The number of nitrogens with one attached hydrogen (secondary N) is 3. The molecule has 5 amide bonds. The number of aromatic nitrogens is 2. The SMILES string of the molecule is CNC(=O)[C@@H](NC(=O)C1(c2ccc(OC)cc2)CC1)c1cccc(-c2cnn(CCCN3Cc4cc5c(cc4C3)C(=O)N(C3CCC(O)NC3=O)C5=O)c2)c1. The summed E-state index contributed by atoms with van der Waals surface area (Å²) in [5, 5.41) is 22.5. The van der Waals surface area contributed by atoms with Gasteiger partial charge in [-0.05, 0) is 90.3 Å². The number of carbonyl (C=O) groups is 5. The number of hydrogen-bond acceptors (Lipinski definition) is 9. The minimum Gasteiger partial charge on any atom is -0.497 e. The summed E-state index contributed by atoms with van der Waals surface area (Å²) in [7, 11) is 3.16. The van der Waals surface area contributed by atoms with Gasteiger partial charge >= 0.3 is 0 Å². The largest absolute Gasteiger partial charge is 0.497 e. The Morgan fingerprint density at radius 2 is 1.67 bits per heavy atom. The topological polar surface area (TPSA) is 175 Å². The molecule has 8 rings (SSSR count). The Kier molecular flexibility index (Phi) is 9.47. The molecule has 3 atom stereocenters. The zero-order valence-corrected chi connectivity index (χ0v) is 30.7. The van der Waals surface area contributed by atoms with E-state index in [4.69, 9.17) is 4.74 Å². The lowest BCUT2D eigenvalue weighted by molar-refractivity contribution is -0.131. The number of hydrogen-bond donors (Lipinski definition) is 4. The van der Waals surface area contributed by atoms with E-state index in [0.717, 1.165) is 45.7 Å². The molecule has 4 aromatic rings. The van der Waals surface area contributed by atoms with Crippen molar-refractivity contribution in [3.8, 4) is 16.9 Å². The molecule has 0 bridgehead atoms. The van der Waals surface area contributed by atoms with E-state index in [-0.39, 0.29) is 24.7 Å². The first kappa shape index (κ1) is 36.1. The average molecular weight is 746 g/mol. The molecule has 55 heavy (non-hydrogen) atoms. The summed E-state index contributed by atoms with van der Waals surface area (Å²) < 4.78 is 7.16. The highest BCUT2D eigenvalue weighted by molar-refractivity contribution is 6.23. The second-order valence-corrected chi connectivity index (χ2v) is 14.8. The van der Waals surface area contributed by atoms with Crippen LogP contribution in [0.15, 0.2) is 73.1 Å². The van der Waals surface area contributed by atoms with E-state index in [2.05, 4.69) is 25.9 Å². The molecule has 4 aliphatic rings. The number of aliphatic hydroxyl groups excluding tert-OH is 1. The molecule has 2 unspecified atom stereocenters. The fourth-order valence-corrected chi connectivity index (χ4v) is 8.08. The summed E-state index contributed by atoms with van der Waals surface area (Å²) in [4.78, 5) is 69.2. The number of aliphatic hydroxyl groups is 1. The summed E-state index contributed by atoms with van der Waals surface area (Å²) in [6, 6.07) is 16.9. The first-order valence-corrected chi connectivity index (χ1v) is 18.6. The minimum absolute atomic E-state index is 0.185. The predicted molar refractivity (Wildman–Crippen MR) is 199 cm³/mol. The van der Waals surface area contributed by atoms with Crippen LogP contribution in [-0.4, -0.2) is 87.2 Å². The van der Waals surface area contributed by atoms with Gasteiger partial charge in [-0.25, -0.2) is 0 Å². The van der Waals surface area contributed by atoms with E-state index in [9.17, 15) is 29.1 Å². The monoisotopic (exact) mass is 745 g/mol. The normalized spacial score (nSPS) is 20.4. The molecule has 4 heterocycles. The third kappa shape index (κ3) is 6.76. The number of ether oxygens (including phenoxy) is 1. The Morgan fingerprint density at radius 1 is 0.964 bits per heavy atom. The van der Waals surface area contributed by atoms with Crippen LogP contribution >= 0.6 is 0 Å². The number of likely N-dealkylation sites (N-methyl/N-ethyl adjacent to an activating group) is 1. The Balaban J connectivity index is 0.880. The Labute approximate surface area is 317 Å². The van der Waals surface area contributed by atoms with Crippen LogP contribution in [0.2, 0.25) is 0 Å². The van der Waals surface area contributed by atoms with Gasteiger partial charge in [-0.15, -0.1) is 0 Å². The van der Waals surface area contributed by atoms with Crippen molar-refractivity contribution in [2.24, 2.45) is 0 Å². The number of carbonyl (C=O) groups excluding carboxylic acids is 5. The molecule has 2 fully saturated rings. The highest BCUT2D eigenvalue weighted by Gasteiger charge is 2.52. The number of aryl methyl sites for hydroxylation is 1. The van der Waals surface area contributed by atoms with Gasteiger partial charge in [0, 0.05) is 45.0 Å². The molecule has 3 aliphatic heterocycles. The number of imide groups is 1. The van der Waals surface area contributed by atoms with Crippen molar-refractivity contribution in [1.29, 1.82) is 0 Å². The van der Waals surface area contributed by atoms with Crippen LogP contribution in [0.4, 0.5) is 0 Å². The minimum atomic E-state index is -0.968. The van der Waals surface area contributed by atoms with Gasteiger partial charge in [0.05, 0.1) is 29.8 Å². The van der Waals surface area contributed by atoms with Crippen molar-refractivity contribution in [1.82, 2.24) is 35.5 Å². The maximum absolute atomic E-state index is 13.7. The zero-order chi connectivity index (χ0) is 38.4. The van der Waals surface area contributed by atoms with E-state index < -0.39 is 41.4 Å². The molecule has 14 nitrogen and oxygen atoms in total. The van der Waals surface area contributed by atoms with Gasteiger partial charge in [-0.2, -0.15) is 5.10 Å². The molecule has 1 saturated heterocycles. The van der Waals surface area contributed by atoms with Gasteiger partial charge in [-0.1, -0.05) is 30.3 Å². The maximum Gasteiger partial charge on any atom is 0.262 e. The van der Waals surface area contributed by atoms with E-state index in [1.165, 1.54) is 0 Å². The van der Waals surface area contributed by atoms with Crippen LogP contribution in [0.25, 0.3) is 11.1 Å². The lowest BCUT2D eigenvalue weighted by Gasteiger charge is -2.31. The van der Waals surface area contributed by atoms with Crippen LogP contribution in [0, 0.1) is 0 Å². The molecule has 284 valence electrons. The van der Waals surface area contributed by atoms with Gasteiger partial charge in [0.15, 0.2) is 0 Å². The van der Waals surface area contributed by atoms with Crippen LogP contribution < -0.4 is 20.7 Å². The highest BCUT2D eigenvalue weighted by atomic mass is 16.5. The summed E-state index contributed by atoms with van der Waals surface area (Å²) >= 11 is 0. The summed E-state index contributed by atoms with van der Waals surface area (Å²) in [5.74, 6) is -1.24. The zero-order valence-electron chi connectivity index (χ0n) is 30.7. The number of fused-ring (bicyclic) bond motifs is 2. The van der Waals surface area contributed by atoms with E-state index in [1.54, 1.807) is 32.5 Å². The maximum atomic E-state index is 13.7. The van der Waals surface area contributed by atoms with Crippen LogP contribution in [-0.2, 0) is 39.4 Å². The molecule has 1 saturated carbocycles. The Bertz CT molecular complexity index is 2150. The van der Waals surface area contributed by atoms with Crippen molar-refractivity contribution in [2.45, 2.75) is 75.5 Å². The van der Waals surface area contributed by atoms with Crippen molar-refractivity contribution >= 4 is 29.5 Å². The highest BCUT2D eigenvalue weighted by Crippen LogP contribution is 2.49. The lowest BCUT2D eigenvalue weighted by atomic mass is 9.93. The third-order valence-corrected chi connectivity index (χ3v) is 11.3. The summed E-state index contributed by atoms with van der Waals surface area (Å²) in [6.07, 6.45) is 5.50. The van der Waals surface area contributed by atoms with Crippen molar-refractivity contribution in [2.75, 3.05) is 20.7 Å². The van der Waals surface area contributed by atoms with Crippen molar-refractivity contribution in [3.63, 3.8) is 0 Å². The summed E-state index contributed by atoms with van der Waals surface area (Å²) in [6.45, 7) is 2.72. The van der Waals surface area contributed by atoms with E-state index >= 15 is 0 Å². The molecule has 3 aromatic carbocycles. The second kappa shape index (κ2) is 14.4. The standard InChI is InChI=1S/C41H43N7O7/c1-42-37(51)35(45-40(54)41(13-14-41)29-7-9-30(55-2)10-8-29)25-6-3-5-24(17-25)28-20-43-47(23-28)16-4-15-46-21-26-18-31-32(19-27(26)22-46)39(53)48(38(31)52)33-11-12-34(49)44-36(33)50/h3,5-10,17-20,23,33-35,49H,4,11-16,21-22H2,1-2H3,(H,42,51)(H,44,50)(H,45,54)/t33?,34?,35-/m0/s1. The van der Waals surface area contributed by atoms with E-state index in [0.29, 0.717) is 54.9 Å². The van der Waals surface area contributed by atoms with Crippen molar-refractivity contribution < 1.29 is 33.8 Å². The van der Waals surface area contributed by atoms with E-state index in [1.807, 2.05) is 59.4 Å². The van der Waals surface area contributed by atoms with Gasteiger partial charge in [0.25, 0.3) is 11.8 Å². The number of amides is 5. The lowest BCUT2D eigenvalue weighted by Crippen LogP contribution is -2.55. The Morgan fingerprint density at radius 3 is 2.31 bits per heavy atom. The van der Waals surface area contributed by atoms with Gasteiger partial charge in [-0.3, -0.25) is 38.5 Å². The third-order valence-electron chi connectivity index (χ3n) is 11.3. The van der Waals surface area contributed by atoms with Crippen LogP contribution in [0.1, 0.15) is 81.1 Å². The Hall–Kier alpha value is -5.86. The first-order valence-electron chi connectivity index (χ1n) is 18.6. The molecule has 14 heteroatoms. The quantitative estimate of drug-likeness (QED) is 0.159. The van der Waals surface area contributed by atoms with Gasteiger partial charge in [0.1, 0.15) is 24.1 Å². The second-order valence-electron chi connectivity index (χ2n) is 14.8. The van der Waals surface area contributed by atoms with Gasteiger partial charge in [0.2, 0.25) is 17.7 Å². The first-order chi connectivity index (χ1) is 26.6. The number of nitrogens with zero attached hydrogens (tertiary/aromatic N) is 4. The molecular weight excluding hydrogens is 702 g/mol. The average Bonchev–Trinajstić information content (AvgIpc) is 3.60. The number of rotatable bonds is 12.